The average Bonchev–Trinajstić information content (AvgIpc) is 2.33. The van der Waals surface area contributed by atoms with Crippen molar-refractivity contribution in [3.05, 3.63) is 69.9 Å². The molecule has 94 valence electrons. The normalized spacial score (nSPS) is 12.4. The molecule has 1 aromatic heterocycles. The second-order valence-corrected chi connectivity index (χ2v) is 4.35. The van der Waals surface area contributed by atoms with Gasteiger partial charge in [-0.15, -0.1) is 0 Å². The van der Waals surface area contributed by atoms with Crippen LogP contribution < -0.4 is 11.3 Å². The maximum atomic E-state index is 12.8. The van der Waals surface area contributed by atoms with Gasteiger partial charge in [0.1, 0.15) is 5.82 Å². The number of hydrogen-bond acceptors (Lipinski definition) is 2. The third kappa shape index (κ3) is 2.84. The molecule has 0 bridgehead atoms. The minimum Gasteiger partial charge on any atom is -0.322 e. The first-order valence-corrected chi connectivity index (χ1v) is 5.74. The van der Waals surface area contributed by atoms with Crippen molar-refractivity contribution < 1.29 is 4.39 Å². The van der Waals surface area contributed by atoms with Gasteiger partial charge in [-0.2, -0.15) is 0 Å². The summed E-state index contributed by atoms with van der Waals surface area (Å²) in [5.74, 6) is -0.293. The number of rotatable bonds is 3. The highest BCUT2D eigenvalue weighted by molar-refractivity contribution is 5.19. The number of aryl methyl sites for hydroxylation is 1. The van der Waals surface area contributed by atoms with Gasteiger partial charge >= 0.3 is 0 Å². The van der Waals surface area contributed by atoms with Gasteiger partial charge in [0.05, 0.1) is 0 Å². The number of aromatic nitrogens is 1. The van der Waals surface area contributed by atoms with Crippen LogP contribution in [-0.4, -0.2) is 4.57 Å². The predicted octanol–water partition coefficient (Wildman–Crippen LogP) is 2.00. The first-order chi connectivity index (χ1) is 8.56. The van der Waals surface area contributed by atoms with Gasteiger partial charge in [0.2, 0.25) is 0 Å². The van der Waals surface area contributed by atoms with Crippen LogP contribution in [-0.2, 0) is 6.54 Å². The van der Waals surface area contributed by atoms with Crippen molar-refractivity contribution in [1.29, 1.82) is 0 Å². The minimum absolute atomic E-state index is 0.0763. The van der Waals surface area contributed by atoms with E-state index >= 15 is 0 Å². The van der Waals surface area contributed by atoms with Crippen molar-refractivity contribution in [3.63, 3.8) is 0 Å². The molecule has 1 heterocycles. The van der Waals surface area contributed by atoms with Gasteiger partial charge in [-0.1, -0.05) is 12.1 Å². The molecular weight excluding hydrogens is 231 g/mol. The van der Waals surface area contributed by atoms with Crippen LogP contribution in [0, 0.1) is 12.7 Å². The standard InChI is InChI=1S/C14H15FN2O/c1-10-6-7-17(14(18)8-10)9-13(16)11-2-4-12(15)5-3-11/h2-8,13H,9,16H2,1H3. The van der Waals surface area contributed by atoms with E-state index in [9.17, 15) is 9.18 Å². The maximum Gasteiger partial charge on any atom is 0.250 e. The van der Waals surface area contributed by atoms with Crippen molar-refractivity contribution >= 4 is 0 Å². The summed E-state index contributed by atoms with van der Waals surface area (Å²) >= 11 is 0. The summed E-state index contributed by atoms with van der Waals surface area (Å²) in [4.78, 5) is 11.7. The predicted molar refractivity (Wildman–Crippen MR) is 68.8 cm³/mol. The molecule has 2 aromatic rings. The van der Waals surface area contributed by atoms with Gasteiger partial charge in [-0.25, -0.2) is 4.39 Å². The fourth-order valence-electron chi connectivity index (χ4n) is 1.78. The SMILES string of the molecule is Cc1ccn(CC(N)c2ccc(F)cc2)c(=O)c1. The lowest BCUT2D eigenvalue weighted by Gasteiger charge is -2.14. The Morgan fingerprint density at radius 1 is 1.28 bits per heavy atom. The Labute approximate surface area is 105 Å². The average molecular weight is 246 g/mol. The van der Waals surface area contributed by atoms with Gasteiger partial charge in [0.15, 0.2) is 0 Å². The molecule has 1 atom stereocenters. The van der Waals surface area contributed by atoms with E-state index in [4.69, 9.17) is 5.73 Å². The van der Waals surface area contributed by atoms with E-state index in [1.165, 1.54) is 12.1 Å². The zero-order valence-electron chi connectivity index (χ0n) is 10.1. The minimum atomic E-state index is -0.328. The van der Waals surface area contributed by atoms with E-state index in [0.29, 0.717) is 6.54 Å². The van der Waals surface area contributed by atoms with Crippen LogP contribution in [0.4, 0.5) is 4.39 Å². The lowest BCUT2D eigenvalue weighted by molar-refractivity contribution is 0.559. The Hall–Kier alpha value is -1.94. The van der Waals surface area contributed by atoms with Gasteiger partial charge in [-0.05, 0) is 36.2 Å². The Kier molecular flexibility index (Phi) is 3.58. The highest BCUT2D eigenvalue weighted by atomic mass is 19.1. The van der Waals surface area contributed by atoms with E-state index < -0.39 is 0 Å². The highest BCUT2D eigenvalue weighted by Crippen LogP contribution is 2.12. The van der Waals surface area contributed by atoms with Crippen molar-refractivity contribution in [1.82, 2.24) is 4.57 Å². The van der Waals surface area contributed by atoms with E-state index in [1.807, 2.05) is 13.0 Å². The van der Waals surface area contributed by atoms with Crippen LogP contribution >= 0.6 is 0 Å². The molecule has 2 rings (SSSR count). The Bertz CT molecular complexity index is 589. The van der Waals surface area contributed by atoms with Crippen LogP contribution in [0.2, 0.25) is 0 Å². The molecule has 1 aromatic carbocycles. The zero-order chi connectivity index (χ0) is 13.1. The summed E-state index contributed by atoms with van der Waals surface area (Å²) < 4.78 is 14.3. The number of halogens is 1. The fourth-order valence-corrected chi connectivity index (χ4v) is 1.78. The number of hydrogen-bond donors (Lipinski definition) is 1. The molecule has 0 aliphatic heterocycles. The molecule has 0 spiro atoms. The smallest absolute Gasteiger partial charge is 0.250 e. The molecule has 0 aliphatic carbocycles. The van der Waals surface area contributed by atoms with Gasteiger partial charge in [0, 0.05) is 24.8 Å². The molecular formula is C14H15FN2O. The highest BCUT2D eigenvalue weighted by Gasteiger charge is 2.07. The lowest BCUT2D eigenvalue weighted by atomic mass is 10.1. The first-order valence-electron chi connectivity index (χ1n) is 5.74. The van der Waals surface area contributed by atoms with Crippen LogP contribution in [0.1, 0.15) is 17.2 Å². The van der Waals surface area contributed by atoms with Crippen molar-refractivity contribution in [3.8, 4) is 0 Å². The van der Waals surface area contributed by atoms with Crippen LogP contribution in [0.3, 0.4) is 0 Å². The molecule has 0 fully saturated rings. The van der Waals surface area contributed by atoms with E-state index in [2.05, 4.69) is 0 Å². The topological polar surface area (TPSA) is 48.0 Å². The zero-order valence-corrected chi connectivity index (χ0v) is 10.1. The molecule has 2 N–H and O–H groups in total. The van der Waals surface area contributed by atoms with Crippen molar-refractivity contribution in [2.45, 2.75) is 19.5 Å². The van der Waals surface area contributed by atoms with E-state index in [0.717, 1.165) is 11.1 Å². The number of nitrogens with zero attached hydrogens (tertiary/aromatic N) is 1. The van der Waals surface area contributed by atoms with Gasteiger partial charge in [0.25, 0.3) is 5.56 Å². The molecule has 0 saturated carbocycles. The molecule has 18 heavy (non-hydrogen) atoms. The first kappa shape index (κ1) is 12.5. The quantitative estimate of drug-likeness (QED) is 0.900. The Balaban J connectivity index is 2.18. The van der Waals surface area contributed by atoms with Crippen molar-refractivity contribution in [2.24, 2.45) is 5.73 Å². The van der Waals surface area contributed by atoms with E-state index in [-0.39, 0.29) is 17.4 Å². The molecule has 3 nitrogen and oxygen atoms in total. The summed E-state index contributed by atoms with van der Waals surface area (Å²) in [6, 6.07) is 9.11. The van der Waals surface area contributed by atoms with E-state index in [1.54, 1.807) is 29.0 Å². The molecule has 0 saturated heterocycles. The summed E-state index contributed by atoms with van der Waals surface area (Å²) in [7, 11) is 0. The molecule has 1 unspecified atom stereocenters. The summed E-state index contributed by atoms with van der Waals surface area (Å²) in [5.41, 5.74) is 7.66. The lowest BCUT2D eigenvalue weighted by Crippen LogP contribution is -2.26. The molecule has 4 heteroatoms. The summed E-state index contributed by atoms with van der Waals surface area (Å²) in [6.07, 6.45) is 1.72. The second kappa shape index (κ2) is 5.14. The largest absolute Gasteiger partial charge is 0.322 e. The Morgan fingerprint density at radius 2 is 1.94 bits per heavy atom. The van der Waals surface area contributed by atoms with Crippen LogP contribution in [0.5, 0.6) is 0 Å². The summed E-state index contributed by atoms with van der Waals surface area (Å²) in [6.45, 7) is 2.25. The molecule has 0 radical (unpaired) electrons. The van der Waals surface area contributed by atoms with Crippen LogP contribution in [0.25, 0.3) is 0 Å². The Morgan fingerprint density at radius 3 is 2.56 bits per heavy atom. The fraction of sp³-hybridized carbons (Fsp3) is 0.214. The van der Waals surface area contributed by atoms with Gasteiger partial charge < -0.3 is 10.3 Å². The van der Waals surface area contributed by atoms with Crippen LogP contribution in [0.15, 0.2) is 47.4 Å². The monoisotopic (exact) mass is 246 g/mol. The molecule has 0 amide bonds. The third-order valence-electron chi connectivity index (χ3n) is 2.84. The van der Waals surface area contributed by atoms with Gasteiger partial charge in [-0.3, -0.25) is 4.79 Å². The number of nitrogens with two attached hydrogens (primary N) is 1. The third-order valence-corrected chi connectivity index (χ3v) is 2.84. The number of pyridine rings is 1. The van der Waals surface area contributed by atoms with Crippen molar-refractivity contribution in [2.75, 3.05) is 0 Å². The maximum absolute atomic E-state index is 12.8. The summed E-state index contributed by atoms with van der Waals surface area (Å²) in [5, 5.41) is 0. The number of benzene rings is 1. The molecule has 0 aliphatic rings. The second-order valence-electron chi connectivity index (χ2n) is 4.35.